The van der Waals surface area contributed by atoms with Crippen LogP contribution >= 0.6 is 15.9 Å². The molecule has 0 N–H and O–H groups in total. The zero-order valence-corrected chi connectivity index (χ0v) is 17.9. The molecule has 30 heavy (non-hydrogen) atoms. The topological polar surface area (TPSA) is 71.7 Å². The summed E-state index contributed by atoms with van der Waals surface area (Å²) in [6.45, 7) is 2.79. The molecule has 0 aliphatic carbocycles. The first-order valence-corrected chi connectivity index (χ1v) is 10.3. The maximum Gasteiger partial charge on any atom is 0.256 e. The standard InChI is InChI=1S/C21H20BrFN4O3/c1-29-16-5-2-14(3-6-16)20-24-19(30-25-20)13-26-8-10-27(11-9-26)21(28)17-12-15(22)4-7-18(17)23/h2-7,12H,8-11,13H2,1H3. The molecule has 7 nitrogen and oxygen atoms in total. The van der Waals surface area contributed by atoms with Crippen LogP contribution < -0.4 is 4.74 Å². The lowest BCUT2D eigenvalue weighted by Crippen LogP contribution is -2.48. The number of carbonyl (C=O) groups excluding carboxylic acids is 1. The van der Waals surface area contributed by atoms with Crippen LogP contribution in [0.3, 0.4) is 0 Å². The molecule has 1 saturated heterocycles. The van der Waals surface area contributed by atoms with Gasteiger partial charge in [0.1, 0.15) is 11.6 Å². The summed E-state index contributed by atoms with van der Waals surface area (Å²) in [4.78, 5) is 20.9. The lowest BCUT2D eigenvalue weighted by Gasteiger charge is -2.34. The molecule has 4 rings (SSSR count). The summed E-state index contributed by atoms with van der Waals surface area (Å²) >= 11 is 3.29. The van der Waals surface area contributed by atoms with Crippen molar-refractivity contribution < 1.29 is 18.4 Å². The quantitative estimate of drug-likeness (QED) is 0.562. The summed E-state index contributed by atoms with van der Waals surface area (Å²) in [6.07, 6.45) is 0. The van der Waals surface area contributed by atoms with E-state index < -0.39 is 5.82 Å². The highest BCUT2D eigenvalue weighted by molar-refractivity contribution is 9.10. The molecule has 0 radical (unpaired) electrons. The van der Waals surface area contributed by atoms with Crippen LogP contribution in [0.2, 0.25) is 0 Å². The zero-order valence-electron chi connectivity index (χ0n) is 16.3. The van der Waals surface area contributed by atoms with Crippen LogP contribution in [0.4, 0.5) is 4.39 Å². The average Bonchev–Trinajstić information content (AvgIpc) is 3.24. The number of nitrogens with zero attached hydrogens (tertiary/aromatic N) is 4. The molecule has 0 atom stereocenters. The number of rotatable bonds is 5. The number of aromatic nitrogens is 2. The lowest BCUT2D eigenvalue weighted by molar-refractivity contribution is 0.0610. The van der Waals surface area contributed by atoms with Crippen LogP contribution in [0.5, 0.6) is 5.75 Å². The van der Waals surface area contributed by atoms with Crippen LogP contribution in [0.25, 0.3) is 11.4 Å². The molecule has 1 amide bonds. The van der Waals surface area contributed by atoms with Gasteiger partial charge in [-0.1, -0.05) is 21.1 Å². The largest absolute Gasteiger partial charge is 0.497 e. The van der Waals surface area contributed by atoms with Crippen LogP contribution in [-0.2, 0) is 6.54 Å². The van der Waals surface area contributed by atoms with Crippen molar-refractivity contribution in [2.45, 2.75) is 6.54 Å². The molecular weight excluding hydrogens is 455 g/mol. The molecule has 0 spiro atoms. The molecule has 2 aromatic carbocycles. The normalized spacial score (nSPS) is 14.7. The van der Waals surface area contributed by atoms with Gasteiger partial charge in [-0.05, 0) is 42.5 Å². The van der Waals surface area contributed by atoms with Crippen molar-refractivity contribution in [1.29, 1.82) is 0 Å². The molecule has 1 aliphatic rings. The first kappa shape index (κ1) is 20.5. The molecular formula is C21H20BrFN4O3. The van der Waals surface area contributed by atoms with Crippen molar-refractivity contribution in [3.05, 3.63) is 64.2 Å². The predicted octanol–water partition coefficient (Wildman–Crippen LogP) is 3.60. The molecule has 0 unspecified atom stereocenters. The SMILES string of the molecule is COc1ccc(-c2noc(CN3CCN(C(=O)c4cc(Br)ccc4F)CC3)n2)cc1. The lowest BCUT2D eigenvalue weighted by atomic mass is 10.1. The van der Waals surface area contributed by atoms with Crippen molar-refractivity contribution in [2.75, 3.05) is 33.3 Å². The minimum Gasteiger partial charge on any atom is -0.497 e. The molecule has 1 aliphatic heterocycles. The highest BCUT2D eigenvalue weighted by atomic mass is 79.9. The second-order valence-corrected chi connectivity index (χ2v) is 7.85. The second-order valence-electron chi connectivity index (χ2n) is 6.93. The van der Waals surface area contributed by atoms with E-state index >= 15 is 0 Å². The van der Waals surface area contributed by atoms with Gasteiger partial charge in [-0.3, -0.25) is 9.69 Å². The summed E-state index contributed by atoms with van der Waals surface area (Å²) in [5.41, 5.74) is 0.927. The van der Waals surface area contributed by atoms with E-state index in [-0.39, 0.29) is 11.5 Å². The summed E-state index contributed by atoms with van der Waals surface area (Å²) in [5, 5.41) is 4.04. The van der Waals surface area contributed by atoms with Gasteiger partial charge < -0.3 is 14.2 Å². The smallest absolute Gasteiger partial charge is 0.256 e. The Morgan fingerprint density at radius 2 is 1.90 bits per heavy atom. The van der Waals surface area contributed by atoms with Gasteiger partial charge >= 0.3 is 0 Å². The van der Waals surface area contributed by atoms with Gasteiger partial charge in [0.2, 0.25) is 11.7 Å². The Morgan fingerprint density at radius 3 is 2.60 bits per heavy atom. The number of hydrogen-bond acceptors (Lipinski definition) is 6. The van der Waals surface area contributed by atoms with E-state index in [1.807, 2.05) is 24.3 Å². The number of ether oxygens (including phenoxy) is 1. The maximum atomic E-state index is 14.0. The molecule has 3 aromatic rings. The van der Waals surface area contributed by atoms with Gasteiger partial charge in [0.25, 0.3) is 5.91 Å². The number of piperazine rings is 1. The minimum atomic E-state index is -0.512. The highest BCUT2D eigenvalue weighted by Crippen LogP contribution is 2.21. The fourth-order valence-electron chi connectivity index (χ4n) is 3.31. The van der Waals surface area contributed by atoms with Crippen LogP contribution in [0.15, 0.2) is 51.5 Å². The zero-order chi connectivity index (χ0) is 21.1. The molecule has 0 saturated carbocycles. The predicted molar refractivity (Wildman–Crippen MR) is 112 cm³/mol. The van der Waals surface area contributed by atoms with E-state index in [4.69, 9.17) is 9.26 Å². The van der Waals surface area contributed by atoms with Gasteiger partial charge in [0.05, 0.1) is 19.2 Å². The Hall–Kier alpha value is -2.78. The first-order chi connectivity index (χ1) is 14.5. The summed E-state index contributed by atoms with van der Waals surface area (Å²) < 4.78 is 25.2. The number of carbonyl (C=O) groups is 1. The maximum absolute atomic E-state index is 14.0. The van der Waals surface area contributed by atoms with Gasteiger partial charge in [-0.25, -0.2) is 4.39 Å². The average molecular weight is 475 g/mol. The molecule has 2 heterocycles. The number of halogens is 2. The molecule has 1 fully saturated rings. The van der Waals surface area contributed by atoms with Crippen molar-refractivity contribution in [1.82, 2.24) is 19.9 Å². The Labute approximate surface area is 181 Å². The third-order valence-electron chi connectivity index (χ3n) is 4.99. The summed E-state index contributed by atoms with van der Waals surface area (Å²) in [7, 11) is 1.62. The number of amides is 1. The van der Waals surface area contributed by atoms with Gasteiger partial charge in [-0.2, -0.15) is 4.98 Å². The van der Waals surface area contributed by atoms with Gasteiger partial charge in [0.15, 0.2) is 0 Å². The van der Waals surface area contributed by atoms with E-state index in [9.17, 15) is 9.18 Å². The van der Waals surface area contributed by atoms with E-state index in [2.05, 4.69) is 31.0 Å². The van der Waals surface area contributed by atoms with Crippen molar-refractivity contribution in [2.24, 2.45) is 0 Å². The Bertz CT molecular complexity index is 1030. The molecule has 0 bridgehead atoms. The van der Waals surface area contributed by atoms with Crippen molar-refractivity contribution in [3.63, 3.8) is 0 Å². The minimum absolute atomic E-state index is 0.0823. The monoisotopic (exact) mass is 474 g/mol. The first-order valence-electron chi connectivity index (χ1n) is 9.47. The van der Waals surface area contributed by atoms with Crippen molar-refractivity contribution >= 4 is 21.8 Å². The van der Waals surface area contributed by atoms with Gasteiger partial charge in [0, 0.05) is 36.2 Å². The summed E-state index contributed by atoms with van der Waals surface area (Å²) in [6, 6.07) is 11.8. The second kappa shape index (κ2) is 8.93. The highest BCUT2D eigenvalue weighted by Gasteiger charge is 2.25. The molecule has 1 aromatic heterocycles. The van der Waals surface area contributed by atoms with Crippen LogP contribution in [-0.4, -0.2) is 59.1 Å². The third kappa shape index (κ3) is 4.52. The Kier molecular flexibility index (Phi) is 6.10. The van der Waals surface area contributed by atoms with Gasteiger partial charge in [-0.15, -0.1) is 0 Å². The summed E-state index contributed by atoms with van der Waals surface area (Å²) in [5.74, 6) is 0.985. The number of methoxy groups -OCH3 is 1. The van der Waals surface area contributed by atoms with Crippen LogP contribution in [0.1, 0.15) is 16.2 Å². The Morgan fingerprint density at radius 1 is 1.17 bits per heavy atom. The van der Waals surface area contributed by atoms with Crippen LogP contribution in [0, 0.1) is 5.82 Å². The molecule has 156 valence electrons. The van der Waals surface area contributed by atoms with E-state index in [1.54, 1.807) is 18.1 Å². The van der Waals surface area contributed by atoms with E-state index in [0.29, 0.717) is 48.9 Å². The number of hydrogen-bond donors (Lipinski definition) is 0. The fraction of sp³-hybridized carbons (Fsp3) is 0.286. The van der Waals surface area contributed by atoms with E-state index in [0.717, 1.165) is 11.3 Å². The van der Waals surface area contributed by atoms with Crippen molar-refractivity contribution in [3.8, 4) is 17.1 Å². The van der Waals surface area contributed by atoms with E-state index in [1.165, 1.54) is 12.1 Å². The Balaban J connectivity index is 1.34. The molecule has 9 heteroatoms. The number of benzene rings is 2. The third-order valence-corrected chi connectivity index (χ3v) is 5.49. The fourth-order valence-corrected chi connectivity index (χ4v) is 3.67.